The van der Waals surface area contributed by atoms with Crippen LogP contribution in [0.1, 0.15) is 35.1 Å². The van der Waals surface area contributed by atoms with Gasteiger partial charge in [-0.15, -0.1) is 0 Å². The van der Waals surface area contributed by atoms with Gasteiger partial charge in [-0.05, 0) is 55.1 Å². The normalized spacial score (nSPS) is 14.7. The van der Waals surface area contributed by atoms with Crippen LogP contribution in [0.4, 0.5) is 0 Å². The third kappa shape index (κ3) is 4.68. The average molecular weight is 322 g/mol. The van der Waals surface area contributed by atoms with E-state index in [-0.39, 0.29) is 5.91 Å². The van der Waals surface area contributed by atoms with E-state index in [1.54, 1.807) is 0 Å². The maximum atomic E-state index is 12.1. The summed E-state index contributed by atoms with van der Waals surface area (Å²) in [6.45, 7) is 6.11. The van der Waals surface area contributed by atoms with Gasteiger partial charge in [0.05, 0.1) is 6.42 Å². The summed E-state index contributed by atoms with van der Waals surface area (Å²) in [5.74, 6) is 0.0745. The molecule has 0 atom stereocenters. The Morgan fingerprint density at radius 1 is 1.00 bits per heavy atom. The van der Waals surface area contributed by atoms with Crippen molar-refractivity contribution in [2.24, 2.45) is 0 Å². The molecule has 0 spiro atoms. The van der Waals surface area contributed by atoms with E-state index in [1.165, 1.54) is 37.1 Å². The fourth-order valence-corrected chi connectivity index (χ4v) is 3.21. The van der Waals surface area contributed by atoms with Crippen molar-refractivity contribution >= 4 is 5.91 Å². The number of benzene rings is 2. The minimum absolute atomic E-state index is 0.0745. The number of likely N-dealkylation sites (tertiary alicyclic amines) is 1. The van der Waals surface area contributed by atoms with Crippen LogP contribution in [0.15, 0.2) is 48.5 Å². The van der Waals surface area contributed by atoms with E-state index in [0.717, 1.165) is 17.7 Å². The third-order valence-electron chi connectivity index (χ3n) is 4.73. The summed E-state index contributed by atoms with van der Waals surface area (Å²) in [6.07, 6.45) is 3.09. The van der Waals surface area contributed by atoms with Gasteiger partial charge in [0.15, 0.2) is 0 Å². The number of nitrogens with one attached hydrogen (secondary N) is 1. The Bertz CT molecular complexity index is 672. The highest BCUT2D eigenvalue weighted by Crippen LogP contribution is 2.13. The summed E-state index contributed by atoms with van der Waals surface area (Å²) in [5.41, 5.74) is 4.76. The number of carbonyl (C=O) groups is 1. The standard InChI is InChI=1S/C21H26N2O/c1-17-6-2-3-7-20(17)14-21(24)22-15-18-8-10-19(11-9-18)16-23-12-4-5-13-23/h2-3,6-11H,4-5,12-16H2,1H3,(H,22,24). The molecule has 1 saturated heterocycles. The Morgan fingerprint density at radius 3 is 2.38 bits per heavy atom. The average Bonchev–Trinajstić information content (AvgIpc) is 3.09. The van der Waals surface area contributed by atoms with E-state index in [1.807, 2.05) is 31.2 Å². The molecule has 2 aromatic carbocycles. The molecule has 0 aliphatic carbocycles. The summed E-state index contributed by atoms with van der Waals surface area (Å²) >= 11 is 0. The number of hydrogen-bond donors (Lipinski definition) is 1. The van der Waals surface area contributed by atoms with Gasteiger partial charge in [0.2, 0.25) is 5.91 Å². The smallest absolute Gasteiger partial charge is 0.224 e. The molecule has 0 saturated carbocycles. The third-order valence-corrected chi connectivity index (χ3v) is 4.73. The van der Waals surface area contributed by atoms with Gasteiger partial charge in [0, 0.05) is 13.1 Å². The number of carbonyl (C=O) groups excluding carboxylic acids is 1. The Labute approximate surface area is 144 Å². The highest BCUT2D eigenvalue weighted by Gasteiger charge is 2.11. The molecule has 126 valence electrons. The first-order valence-corrected chi connectivity index (χ1v) is 8.82. The zero-order valence-corrected chi connectivity index (χ0v) is 14.4. The van der Waals surface area contributed by atoms with E-state index in [0.29, 0.717) is 13.0 Å². The van der Waals surface area contributed by atoms with Gasteiger partial charge in [-0.1, -0.05) is 48.5 Å². The topological polar surface area (TPSA) is 32.3 Å². The van der Waals surface area contributed by atoms with Gasteiger partial charge in [-0.25, -0.2) is 0 Å². The Hall–Kier alpha value is -2.13. The number of rotatable bonds is 6. The van der Waals surface area contributed by atoms with Gasteiger partial charge >= 0.3 is 0 Å². The van der Waals surface area contributed by atoms with Crippen molar-refractivity contribution < 1.29 is 4.79 Å². The monoisotopic (exact) mass is 322 g/mol. The lowest BCUT2D eigenvalue weighted by atomic mass is 10.1. The predicted molar refractivity (Wildman–Crippen MR) is 97.7 cm³/mol. The molecule has 0 radical (unpaired) electrons. The molecule has 3 rings (SSSR count). The Kier molecular flexibility index (Phi) is 5.65. The Morgan fingerprint density at radius 2 is 1.67 bits per heavy atom. The van der Waals surface area contributed by atoms with Crippen molar-refractivity contribution in [2.45, 2.75) is 39.3 Å². The van der Waals surface area contributed by atoms with Gasteiger partial charge in [-0.3, -0.25) is 9.69 Å². The molecule has 0 bridgehead atoms. The van der Waals surface area contributed by atoms with Crippen LogP contribution in [0.2, 0.25) is 0 Å². The van der Waals surface area contributed by atoms with E-state index < -0.39 is 0 Å². The van der Waals surface area contributed by atoms with Crippen LogP contribution in [0.5, 0.6) is 0 Å². The molecule has 1 amide bonds. The van der Waals surface area contributed by atoms with E-state index in [4.69, 9.17) is 0 Å². The molecule has 3 heteroatoms. The minimum atomic E-state index is 0.0745. The number of nitrogens with zero attached hydrogens (tertiary/aromatic N) is 1. The highest BCUT2D eigenvalue weighted by atomic mass is 16.1. The highest BCUT2D eigenvalue weighted by molar-refractivity contribution is 5.78. The second-order valence-corrected chi connectivity index (χ2v) is 6.68. The van der Waals surface area contributed by atoms with Gasteiger partial charge in [0.1, 0.15) is 0 Å². The lowest BCUT2D eigenvalue weighted by Crippen LogP contribution is -2.24. The fourth-order valence-electron chi connectivity index (χ4n) is 3.21. The van der Waals surface area contributed by atoms with E-state index >= 15 is 0 Å². The number of amides is 1. The van der Waals surface area contributed by atoms with Crippen LogP contribution >= 0.6 is 0 Å². The van der Waals surface area contributed by atoms with Crippen molar-refractivity contribution in [2.75, 3.05) is 13.1 Å². The summed E-state index contributed by atoms with van der Waals surface area (Å²) in [7, 11) is 0. The summed E-state index contributed by atoms with van der Waals surface area (Å²) < 4.78 is 0. The van der Waals surface area contributed by atoms with Crippen LogP contribution in [-0.4, -0.2) is 23.9 Å². The van der Waals surface area contributed by atoms with Crippen LogP contribution in [-0.2, 0) is 24.3 Å². The lowest BCUT2D eigenvalue weighted by molar-refractivity contribution is -0.120. The molecule has 1 N–H and O–H groups in total. The van der Waals surface area contributed by atoms with Crippen molar-refractivity contribution in [3.63, 3.8) is 0 Å². The lowest BCUT2D eigenvalue weighted by Gasteiger charge is -2.14. The van der Waals surface area contributed by atoms with Crippen molar-refractivity contribution in [1.29, 1.82) is 0 Å². The zero-order valence-electron chi connectivity index (χ0n) is 14.4. The first kappa shape index (κ1) is 16.7. The van der Waals surface area contributed by atoms with Gasteiger partial charge in [-0.2, -0.15) is 0 Å². The number of aryl methyl sites for hydroxylation is 1. The predicted octanol–water partition coefficient (Wildman–Crippen LogP) is 3.45. The van der Waals surface area contributed by atoms with Crippen LogP contribution < -0.4 is 5.32 Å². The molecule has 1 heterocycles. The fraction of sp³-hybridized carbons (Fsp3) is 0.381. The SMILES string of the molecule is Cc1ccccc1CC(=O)NCc1ccc(CN2CCCC2)cc1. The Balaban J connectivity index is 1.47. The summed E-state index contributed by atoms with van der Waals surface area (Å²) in [4.78, 5) is 14.6. The molecule has 2 aromatic rings. The molecular weight excluding hydrogens is 296 g/mol. The summed E-state index contributed by atoms with van der Waals surface area (Å²) in [6, 6.07) is 16.7. The molecule has 1 fully saturated rings. The maximum absolute atomic E-state index is 12.1. The van der Waals surface area contributed by atoms with E-state index in [2.05, 4.69) is 34.5 Å². The first-order chi connectivity index (χ1) is 11.7. The van der Waals surface area contributed by atoms with Crippen LogP contribution in [0.3, 0.4) is 0 Å². The second-order valence-electron chi connectivity index (χ2n) is 6.68. The first-order valence-electron chi connectivity index (χ1n) is 8.82. The largest absolute Gasteiger partial charge is 0.352 e. The molecule has 1 aliphatic rings. The number of hydrogen-bond acceptors (Lipinski definition) is 2. The maximum Gasteiger partial charge on any atom is 0.224 e. The zero-order chi connectivity index (χ0) is 16.8. The van der Waals surface area contributed by atoms with Crippen LogP contribution in [0.25, 0.3) is 0 Å². The minimum Gasteiger partial charge on any atom is -0.352 e. The molecule has 24 heavy (non-hydrogen) atoms. The second kappa shape index (κ2) is 8.11. The van der Waals surface area contributed by atoms with Crippen molar-refractivity contribution in [1.82, 2.24) is 10.2 Å². The molecule has 1 aliphatic heterocycles. The quantitative estimate of drug-likeness (QED) is 0.883. The molecule has 0 aromatic heterocycles. The van der Waals surface area contributed by atoms with Gasteiger partial charge in [0.25, 0.3) is 0 Å². The molecule has 3 nitrogen and oxygen atoms in total. The molecule has 0 unspecified atom stereocenters. The van der Waals surface area contributed by atoms with Crippen molar-refractivity contribution in [3.8, 4) is 0 Å². The van der Waals surface area contributed by atoms with Gasteiger partial charge < -0.3 is 5.32 Å². The summed E-state index contributed by atoms with van der Waals surface area (Å²) in [5, 5.41) is 3.02. The molecular formula is C21H26N2O. The van der Waals surface area contributed by atoms with E-state index in [9.17, 15) is 4.79 Å². The van der Waals surface area contributed by atoms with Crippen molar-refractivity contribution in [3.05, 3.63) is 70.8 Å². The van der Waals surface area contributed by atoms with Crippen LogP contribution in [0, 0.1) is 6.92 Å².